The molecular weight excluding hydrogens is 435 g/mol. The molecule has 0 fully saturated rings. The normalized spacial score (nSPS) is 11.0. The predicted molar refractivity (Wildman–Crippen MR) is 128 cm³/mol. The van der Waals surface area contributed by atoms with Gasteiger partial charge in [-0.05, 0) is 36.1 Å². The maximum absolute atomic E-state index is 12.9. The van der Waals surface area contributed by atoms with Gasteiger partial charge < -0.3 is 9.88 Å². The summed E-state index contributed by atoms with van der Waals surface area (Å²) in [5, 5.41) is 5.04. The lowest BCUT2D eigenvalue weighted by atomic mass is 10.2. The van der Waals surface area contributed by atoms with Gasteiger partial charge in [0.05, 0.1) is 17.1 Å². The van der Waals surface area contributed by atoms with Crippen LogP contribution in [0.25, 0.3) is 10.9 Å². The molecule has 6 heteroatoms. The summed E-state index contributed by atoms with van der Waals surface area (Å²) in [5.41, 5.74) is 3.86. The highest BCUT2D eigenvalue weighted by atomic mass is 35.5. The van der Waals surface area contributed by atoms with Crippen LogP contribution in [0.3, 0.4) is 0 Å². The molecule has 0 aliphatic heterocycles. The summed E-state index contributed by atoms with van der Waals surface area (Å²) in [6.45, 7) is 0.701. The standard InChI is InChI=1S/C24H20Cl2N2OS/c1-30-24-18-9-5-6-10-21(18)28(15-16-7-3-2-4-8-16)22(24)14-23(29)27-20-12-11-17(25)13-19(20)26/h2-13H,14-15H2,1H3,(H,27,29). The zero-order valence-electron chi connectivity index (χ0n) is 16.4. The summed E-state index contributed by atoms with van der Waals surface area (Å²) in [6.07, 6.45) is 2.29. The lowest BCUT2D eigenvalue weighted by molar-refractivity contribution is -0.115. The van der Waals surface area contributed by atoms with Crippen LogP contribution in [-0.4, -0.2) is 16.7 Å². The minimum Gasteiger partial charge on any atom is -0.338 e. The molecule has 0 unspecified atom stereocenters. The zero-order chi connectivity index (χ0) is 21.1. The van der Waals surface area contributed by atoms with E-state index in [4.69, 9.17) is 23.2 Å². The first kappa shape index (κ1) is 20.9. The van der Waals surface area contributed by atoms with Gasteiger partial charge in [0.15, 0.2) is 0 Å². The van der Waals surface area contributed by atoms with Crippen molar-refractivity contribution in [1.82, 2.24) is 4.57 Å². The van der Waals surface area contributed by atoms with Crippen LogP contribution in [0.4, 0.5) is 5.69 Å². The highest BCUT2D eigenvalue weighted by Crippen LogP contribution is 2.34. The van der Waals surface area contributed by atoms with Crippen LogP contribution in [-0.2, 0) is 17.8 Å². The number of halogens is 2. The molecule has 152 valence electrons. The van der Waals surface area contributed by atoms with Crippen molar-refractivity contribution >= 4 is 57.5 Å². The molecule has 4 aromatic rings. The number of hydrogen-bond acceptors (Lipinski definition) is 2. The maximum Gasteiger partial charge on any atom is 0.230 e. The molecule has 0 spiro atoms. The first-order valence-electron chi connectivity index (χ1n) is 9.49. The van der Waals surface area contributed by atoms with E-state index in [-0.39, 0.29) is 12.3 Å². The Bertz CT molecular complexity index is 1200. The summed E-state index contributed by atoms with van der Waals surface area (Å²) in [5.74, 6) is -0.119. The van der Waals surface area contributed by atoms with Gasteiger partial charge in [-0.2, -0.15) is 0 Å². The molecule has 0 saturated heterocycles. The number of aromatic nitrogens is 1. The Morgan fingerprint density at radius 3 is 2.47 bits per heavy atom. The van der Waals surface area contributed by atoms with Crippen molar-refractivity contribution in [2.24, 2.45) is 0 Å². The van der Waals surface area contributed by atoms with Crippen LogP contribution < -0.4 is 5.32 Å². The Hall–Kier alpha value is -2.40. The van der Waals surface area contributed by atoms with Crippen LogP contribution in [0.1, 0.15) is 11.3 Å². The van der Waals surface area contributed by atoms with E-state index in [9.17, 15) is 4.79 Å². The summed E-state index contributed by atoms with van der Waals surface area (Å²) < 4.78 is 2.24. The number of para-hydroxylation sites is 1. The molecule has 0 saturated carbocycles. The van der Waals surface area contributed by atoms with Gasteiger partial charge in [-0.3, -0.25) is 4.79 Å². The van der Waals surface area contributed by atoms with E-state index < -0.39 is 0 Å². The molecule has 0 bridgehead atoms. The molecule has 1 aromatic heterocycles. The number of nitrogens with zero attached hydrogens (tertiary/aromatic N) is 1. The average molecular weight is 455 g/mol. The van der Waals surface area contributed by atoms with Crippen LogP contribution in [0.5, 0.6) is 0 Å². The topological polar surface area (TPSA) is 34.0 Å². The van der Waals surface area contributed by atoms with Gasteiger partial charge in [0, 0.05) is 33.1 Å². The van der Waals surface area contributed by atoms with Gasteiger partial charge in [0.1, 0.15) is 0 Å². The summed E-state index contributed by atoms with van der Waals surface area (Å²) in [4.78, 5) is 14.1. The van der Waals surface area contributed by atoms with Crippen LogP contribution in [0.15, 0.2) is 77.7 Å². The third-order valence-corrected chi connectivity index (χ3v) is 6.36. The van der Waals surface area contributed by atoms with Crippen molar-refractivity contribution in [3.63, 3.8) is 0 Å². The van der Waals surface area contributed by atoms with E-state index in [0.29, 0.717) is 22.3 Å². The van der Waals surface area contributed by atoms with Gasteiger partial charge in [0.25, 0.3) is 0 Å². The first-order valence-corrected chi connectivity index (χ1v) is 11.5. The third-order valence-electron chi connectivity index (χ3n) is 4.95. The minimum atomic E-state index is -0.119. The summed E-state index contributed by atoms with van der Waals surface area (Å²) in [7, 11) is 0. The number of carbonyl (C=O) groups excluding carboxylic acids is 1. The fraction of sp³-hybridized carbons (Fsp3) is 0.125. The fourth-order valence-electron chi connectivity index (χ4n) is 3.61. The van der Waals surface area contributed by atoms with Crippen LogP contribution in [0, 0.1) is 0 Å². The van der Waals surface area contributed by atoms with Crippen LogP contribution in [0.2, 0.25) is 10.0 Å². The Morgan fingerprint density at radius 1 is 1.00 bits per heavy atom. The number of fused-ring (bicyclic) bond motifs is 1. The second-order valence-electron chi connectivity index (χ2n) is 6.92. The van der Waals surface area contributed by atoms with E-state index >= 15 is 0 Å². The number of hydrogen-bond donors (Lipinski definition) is 1. The minimum absolute atomic E-state index is 0.119. The van der Waals surface area contributed by atoms with E-state index in [1.54, 1.807) is 30.0 Å². The van der Waals surface area contributed by atoms with Crippen LogP contribution >= 0.6 is 35.0 Å². The Morgan fingerprint density at radius 2 is 1.73 bits per heavy atom. The molecule has 3 nitrogen and oxygen atoms in total. The highest BCUT2D eigenvalue weighted by Gasteiger charge is 2.19. The van der Waals surface area contributed by atoms with Crippen molar-refractivity contribution in [2.45, 2.75) is 17.9 Å². The first-order chi connectivity index (χ1) is 14.6. The van der Waals surface area contributed by atoms with Crippen molar-refractivity contribution < 1.29 is 4.79 Å². The van der Waals surface area contributed by atoms with Crippen molar-refractivity contribution in [3.8, 4) is 0 Å². The Kier molecular flexibility index (Phi) is 6.38. The molecule has 0 aliphatic rings. The van der Waals surface area contributed by atoms with E-state index in [2.05, 4.69) is 34.1 Å². The van der Waals surface area contributed by atoms with Gasteiger partial charge in [0.2, 0.25) is 5.91 Å². The molecule has 3 aromatic carbocycles. The molecule has 0 radical (unpaired) electrons. The molecule has 0 aliphatic carbocycles. The molecular formula is C24H20Cl2N2OS. The number of thioether (sulfide) groups is 1. The summed E-state index contributed by atoms with van der Waals surface area (Å²) in [6, 6.07) is 23.6. The number of rotatable bonds is 6. The van der Waals surface area contributed by atoms with Crippen molar-refractivity contribution in [1.29, 1.82) is 0 Å². The predicted octanol–water partition coefficient (Wildman–Crippen LogP) is 6.90. The lowest BCUT2D eigenvalue weighted by Gasteiger charge is -2.13. The smallest absolute Gasteiger partial charge is 0.230 e. The van der Waals surface area contributed by atoms with Gasteiger partial charge in [-0.15, -0.1) is 11.8 Å². The van der Waals surface area contributed by atoms with E-state index in [0.717, 1.165) is 21.5 Å². The van der Waals surface area contributed by atoms with Gasteiger partial charge in [-0.25, -0.2) is 0 Å². The number of amides is 1. The van der Waals surface area contributed by atoms with E-state index in [1.165, 1.54) is 5.56 Å². The second kappa shape index (κ2) is 9.17. The van der Waals surface area contributed by atoms with Gasteiger partial charge in [-0.1, -0.05) is 71.7 Å². The largest absolute Gasteiger partial charge is 0.338 e. The zero-order valence-corrected chi connectivity index (χ0v) is 18.7. The number of nitrogens with one attached hydrogen (secondary N) is 1. The Labute approximate surface area is 190 Å². The third kappa shape index (κ3) is 4.36. The lowest BCUT2D eigenvalue weighted by Crippen LogP contribution is -2.18. The molecule has 1 heterocycles. The molecule has 0 atom stereocenters. The average Bonchev–Trinajstić information content (AvgIpc) is 3.03. The molecule has 1 amide bonds. The SMILES string of the molecule is CSc1c(CC(=O)Nc2ccc(Cl)cc2Cl)n(Cc2ccccc2)c2ccccc12. The molecule has 30 heavy (non-hydrogen) atoms. The molecule has 4 rings (SSSR count). The quantitative estimate of drug-likeness (QED) is 0.321. The van der Waals surface area contributed by atoms with Crippen molar-refractivity contribution in [2.75, 3.05) is 11.6 Å². The number of anilines is 1. The second-order valence-corrected chi connectivity index (χ2v) is 8.58. The molecule has 1 N–H and O–H groups in total. The van der Waals surface area contributed by atoms with Gasteiger partial charge >= 0.3 is 0 Å². The monoisotopic (exact) mass is 454 g/mol. The summed E-state index contributed by atoms with van der Waals surface area (Å²) >= 11 is 13.9. The highest BCUT2D eigenvalue weighted by molar-refractivity contribution is 7.98. The number of carbonyl (C=O) groups is 1. The fourth-order valence-corrected chi connectivity index (χ4v) is 4.88. The Balaban J connectivity index is 1.71. The van der Waals surface area contributed by atoms with E-state index in [1.807, 2.05) is 36.6 Å². The maximum atomic E-state index is 12.9. The number of benzene rings is 3. The van der Waals surface area contributed by atoms with Crippen molar-refractivity contribution in [3.05, 3.63) is 94.1 Å².